The molecule has 0 amide bonds. The number of benzene rings is 9. The zero-order valence-corrected chi connectivity index (χ0v) is 74.8. The maximum absolute atomic E-state index is 9.76. The van der Waals surface area contributed by atoms with E-state index in [2.05, 4.69) is 71.5 Å². The van der Waals surface area contributed by atoms with Crippen LogP contribution in [-0.4, -0.2) is 135 Å². The number of hydrogen-bond acceptors (Lipinski definition) is 17. The maximum atomic E-state index is 9.76. The van der Waals surface area contributed by atoms with Gasteiger partial charge in [0.25, 0.3) is 0 Å². The predicted octanol–water partition coefficient (Wildman–Crippen LogP) is 17.1. The molecule has 4 radical (unpaired) electrons. The van der Waals surface area contributed by atoms with Gasteiger partial charge in [0.1, 0.15) is 12.7 Å². The Kier molecular flexibility index (Phi) is 47.5. The molecule has 112 heavy (non-hydrogen) atoms. The van der Waals surface area contributed by atoms with Crippen molar-refractivity contribution in [3.8, 4) is 79.1 Å². The monoisotopic (exact) mass is 2220 g/mol. The zero-order chi connectivity index (χ0) is 78.4. The fourth-order valence-corrected chi connectivity index (χ4v) is 10.2. The minimum absolute atomic E-state index is 0. The molecule has 0 aliphatic heterocycles. The van der Waals surface area contributed by atoms with Gasteiger partial charge in [0.05, 0.1) is 77.1 Å². The Morgan fingerprint density at radius 3 is 1.14 bits per heavy atom. The average molecular weight is 2220 g/mol. The van der Waals surface area contributed by atoms with Gasteiger partial charge in [0.15, 0.2) is 5.82 Å². The second-order valence-electron chi connectivity index (χ2n) is 28.1. The molecule has 13 rings (SSSR count). The summed E-state index contributed by atoms with van der Waals surface area (Å²) in [5.41, 5.74) is 12.9. The van der Waals surface area contributed by atoms with Crippen molar-refractivity contribution in [3.05, 3.63) is 286 Å². The van der Waals surface area contributed by atoms with Crippen LogP contribution in [0, 0.1) is 35.1 Å². The van der Waals surface area contributed by atoms with Crippen LogP contribution in [-0.2, 0) is 80.4 Å². The minimum atomic E-state index is -0.443. The first-order valence-corrected chi connectivity index (χ1v) is 36.1. The summed E-state index contributed by atoms with van der Waals surface area (Å²) in [7, 11) is 0. The Labute approximate surface area is 715 Å². The summed E-state index contributed by atoms with van der Waals surface area (Å²) in [6.07, 6.45) is 3.69. The molecule has 0 spiro atoms. The van der Waals surface area contributed by atoms with E-state index in [-0.39, 0.29) is 128 Å². The third-order valence-electron chi connectivity index (χ3n) is 15.9. The van der Waals surface area contributed by atoms with Crippen LogP contribution in [0.1, 0.15) is 109 Å². The molecule has 600 valence electrons. The fraction of sp³-hybridized carbons (Fsp3) is 0.286. The number of rotatable bonds is 15. The Bertz CT molecular complexity index is 4480. The molecule has 0 aliphatic rings. The Hall–Kier alpha value is -7.97. The van der Waals surface area contributed by atoms with E-state index in [4.69, 9.17) is 40.6 Å². The Morgan fingerprint density at radius 1 is 0.312 bits per heavy atom. The van der Waals surface area contributed by atoms with Crippen molar-refractivity contribution in [2.75, 3.05) is 0 Å². The molecule has 0 bridgehead atoms. The van der Waals surface area contributed by atoms with Crippen LogP contribution < -0.4 is 0 Å². The second kappa shape index (κ2) is 53.2. The van der Waals surface area contributed by atoms with Crippen LogP contribution in [0.15, 0.2) is 262 Å². The summed E-state index contributed by atoms with van der Waals surface area (Å²) >= 11 is 0. The average Bonchev–Trinajstić information content (AvgIpc) is 0.808. The number of hydrogen-bond donors (Lipinski definition) is 8. The van der Waals surface area contributed by atoms with Gasteiger partial charge in [-0.3, -0.25) is 19.9 Å². The van der Waals surface area contributed by atoms with Crippen molar-refractivity contribution in [1.29, 1.82) is 0 Å². The number of aliphatic hydroxyl groups excluding tert-OH is 8. The Balaban J connectivity index is 0.000000447. The third-order valence-corrected chi connectivity index (χ3v) is 15.9. The van der Waals surface area contributed by atoms with E-state index < -0.39 is 12.2 Å². The molecule has 0 saturated heterocycles. The van der Waals surface area contributed by atoms with Gasteiger partial charge >= 0.3 is 0 Å². The van der Waals surface area contributed by atoms with Crippen molar-refractivity contribution >= 4 is 21.8 Å². The largest absolute Gasteiger partial charge is 0.393 e. The van der Waals surface area contributed by atoms with Crippen LogP contribution >= 0.6 is 0 Å². The first-order valence-electron chi connectivity index (χ1n) is 36.1. The number of aromatic nitrogens is 9. The van der Waals surface area contributed by atoms with Gasteiger partial charge in [0, 0.05) is 116 Å². The minimum Gasteiger partial charge on any atom is -0.393 e. The van der Waals surface area contributed by atoms with Crippen molar-refractivity contribution in [2.45, 2.75) is 158 Å². The molecule has 8 unspecified atom stereocenters. The van der Waals surface area contributed by atoms with Gasteiger partial charge in [-0.1, -0.05) is 175 Å². The third kappa shape index (κ3) is 36.9. The first-order chi connectivity index (χ1) is 51.7. The summed E-state index contributed by atoms with van der Waals surface area (Å²) in [5.74, 6) is 1.32. The van der Waals surface area contributed by atoms with Crippen LogP contribution in [0.2, 0.25) is 0 Å². The van der Waals surface area contributed by atoms with Crippen LogP contribution in [0.25, 0.3) is 101 Å². The van der Waals surface area contributed by atoms with Crippen LogP contribution in [0.4, 0.5) is 0 Å². The smallest absolute Gasteiger partial charge is 0.153 e. The van der Waals surface area contributed by atoms with Crippen LogP contribution in [0.5, 0.6) is 0 Å². The number of fused-ring (bicyclic) bond motifs is 2. The predicted molar refractivity (Wildman–Crippen MR) is 434 cm³/mol. The molecule has 9 aromatic carbocycles. The van der Waals surface area contributed by atoms with Crippen molar-refractivity contribution < 1.29 is 121 Å². The molecule has 13 aromatic rings. The number of aliphatic hydroxyl groups is 8. The quantitative estimate of drug-likeness (QED) is 0.0443. The maximum Gasteiger partial charge on any atom is 0.153 e. The van der Waals surface area contributed by atoms with Gasteiger partial charge in [-0.25, -0.2) is 15.1 Å². The molecule has 17 nitrogen and oxygen atoms in total. The molecule has 0 aliphatic carbocycles. The van der Waals surface area contributed by atoms with Crippen molar-refractivity contribution in [1.82, 2.24) is 45.1 Å². The van der Waals surface area contributed by atoms with Gasteiger partial charge in [0.2, 0.25) is 0 Å². The molecule has 21 heteroatoms. The Morgan fingerprint density at radius 2 is 0.696 bits per heavy atom. The molecule has 0 saturated carbocycles. The standard InChI is InChI=1S/C22H15N2.C15H10N3.2C14H9N2.C11H24O2.3C5H12O2.4Ir/c1-4-10-17(11-5-1)20-16-23-21(18-12-6-2-7-13-18)22(24-20)19-14-8-3-9-15-19;1-3-7-12(8-4-1)14-16-11-17-15(18-14)13-9-5-2-6-10-13;1-2-6-11(7-3-1)14-12-8-4-5-9-13(12)15-10-16-14;1-2-6-11(7-3-1)14-10-12-8-4-5-9-13(12)15-16-14;1-10(2,3)8(12)7-9(13)11(4,5)6;3*1-4(6)3-5(2)7;;;;/h1-12,14-16H;1-9,11H;2*1-6,8-10H;8-9,12-13H,7H2,1-6H3;3*4-7H,3H2,1-2H3;;;;/q4*-1;;;;;;;;. The SMILES string of the molecule is CC(C)(C)C(O)CC(O)C(C)(C)C.CC(O)CC(C)O.CC(O)CC(C)O.CC(O)CC(C)O.[Ir].[Ir].[Ir].[Ir].[c-]1ccccc1-c1cc2ccccc2nn1.[c-]1ccccc1-c1ncc(-c2ccccc2)nc1-c1ccccc1.[c-]1ccccc1-c1ncnc(-c2ccccc2)n1.[c-]1ccccc1-c1ncnc2ccccc12. The van der Waals surface area contributed by atoms with Crippen LogP contribution in [0.3, 0.4) is 0 Å². The van der Waals surface area contributed by atoms with E-state index in [0.717, 1.165) is 89.2 Å². The zero-order valence-electron chi connectivity index (χ0n) is 65.2. The molecule has 0 fully saturated rings. The van der Waals surface area contributed by atoms with Gasteiger partial charge in [-0.15, -0.1) is 144 Å². The summed E-state index contributed by atoms with van der Waals surface area (Å²) in [5, 5.41) is 81.4. The van der Waals surface area contributed by atoms with Gasteiger partial charge in [-0.05, 0) is 106 Å². The van der Waals surface area contributed by atoms with E-state index in [1.807, 2.05) is 278 Å². The van der Waals surface area contributed by atoms with Crippen molar-refractivity contribution in [3.63, 3.8) is 0 Å². The topological polar surface area (TPSA) is 278 Å². The van der Waals surface area contributed by atoms with E-state index in [0.29, 0.717) is 37.3 Å². The van der Waals surface area contributed by atoms with Gasteiger partial charge < -0.3 is 45.8 Å². The first kappa shape index (κ1) is 100. The van der Waals surface area contributed by atoms with Gasteiger partial charge in [-0.2, -0.15) is 5.10 Å². The summed E-state index contributed by atoms with van der Waals surface area (Å²) < 4.78 is 0. The fourth-order valence-electron chi connectivity index (χ4n) is 10.2. The molecular weight excluding hydrogens is 2120 g/mol. The van der Waals surface area contributed by atoms with Crippen molar-refractivity contribution in [2.24, 2.45) is 10.8 Å². The second-order valence-corrected chi connectivity index (χ2v) is 28.1. The summed E-state index contributed by atoms with van der Waals surface area (Å²) in [4.78, 5) is 31.0. The van der Waals surface area contributed by atoms with E-state index >= 15 is 0 Å². The normalized spacial score (nSPS) is 12.6. The van der Waals surface area contributed by atoms with E-state index in [1.54, 1.807) is 47.9 Å². The molecule has 8 atom stereocenters. The summed E-state index contributed by atoms with van der Waals surface area (Å²) in [6.45, 7) is 21.8. The van der Waals surface area contributed by atoms with E-state index in [9.17, 15) is 10.2 Å². The van der Waals surface area contributed by atoms with E-state index in [1.165, 1.54) is 6.33 Å². The summed E-state index contributed by atoms with van der Waals surface area (Å²) in [6, 6.07) is 92.0. The molecule has 8 N–H and O–H groups in total. The molecular formula is C91H103Ir4N9O8-4. The molecule has 4 aromatic heterocycles. The number of para-hydroxylation sites is 1. The molecule has 4 heterocycles. The number of nitrogens with zero attached hydrogens (tertiary/aromatic N) is 9.